The first kappa shape index (κ1) is 18.1. The van der Waals surface area contributed by atoms with Gasteiger partial charge >= 0.3 is 0 Å². The second kappa shape index (κ2) is 8.13. The molecule has 0 aliphatic heterocycles. The van der Waals surface area contributed by atoms with Crippen LogP contribution < -0.4 is 0 Å². The van der Waals surface area contributed by atoms with Crippen LogP contribution in [0.25, 0.3) is 11.0 Å². The Kier molecular flexibility index (Phi) is 5.44. The summed E-state index contributed by atoms with van der Waals surface area (Å²) >= 11 is 11.9. The molecule has 0 aliphatic rings. The minimum Gasteiger partial charge on any atom is -0.369 e. The molecule has 0 amide bonds. The van der Waals surface area contributed by atoms with E-state index in [0.29, 0.717) is 13.2 Å². The molecule has 0 spiro atoms. The molecule has 136 valence electrons. The summed E-state index contributed by atoms with van der Waals surface area (Å²) in [5.74, 6) is 0.903. The lowest BCUT2D eigenvalue weighted by molar-refractivity contribution is 0.0999. The van der Waals surface area contributed by atoms with E-state index in [1.54, 1.807) is 0 Å². The van der Waals surface area contributed by atoms with Crippen molar-refractivity contribution < 1.29 is 4.74 Å². The van der Waals surface area contributed by atoms with Crippen molar-refractivity contribution in [2.24, 2.45) is 0 Å². The van der Waals surface area contributed by atoms with Crippen LogP contribution in [0.3, 0.4) is 0 Å². The van der Waals surface area contributed by atoms with E-state index in [0.717, 1.165) is 39.0 Å². The molecule has 0 aliphatic carbocycles. The predicted molar refractivity (Wildman–Crippen MR) is 110 cm³/mol. The molecule has 0 saturated heterocycles. The van der Waals surface area contributed by atoms with Gasteiger partial charge in [-0.3, -0.25) is 0 Å². The van der Waals surface area contributed by atoms with Crippen LogP contribution in [-0.2, 0) is 24.5 Å². The van der Waals surface area contributed by atoms with Crippen molar-refractivity contribution in [2.75, 3.05) is 0 Å². The first-order valence-corrected chi connectivity index (χ1v) is 9.45. The van der Waals surface area contributed by atoms with Crippen LogP contribution in [0.15, 0.2) is 72.8 Å². The molecule has 27 heavy (non-hydrogen) atoms. The molecule has 4 rings (SSSR count). The molecule has 1 heterocycles. The third-order valence-electron chi connectivity index (χ3n) is 4.40. The predicted octanol–water partition coefficient (Wildman–Crippen LogP) is 6.11. The number of nitrogens with zero attached hydrogens (tertiary/aromatic N) is 2. The number of hydrogen-bond acceptors (Lipinski definition) is 2. The first-order valence-electron chi connectivity index (χ1n) is 8.70. The minimum atomic E-state index is 0.435. The highest BCUT2D eigenvalue weighted by Gasteiger charge is 2.11. The average Bonchev–Trinajstić information content (AvgIpc) is 3.03. The van der Waals surface area contributed by atoms with Crippen molar-refractivity contribution >= 4 is 34.2 Å². The molecule has 0 bridgehead atoms. The monoisotopic (exact) mass is 396 g/mol. The zero-order chi connectivity index (χ0) is 18.6. The summed E-state index contributed by atoms with van der Waals surface area (Å²) in [6, 6.07) is 23.7. The highest BCUT2D eigenvalue weighted by atomic mass is 35.5. The Morgan fingerprint density at radius 1 is 0.741 bits per heavy atom. The number of benzene rings is 3. The molecule has 0 N–H and O–H groups in total. The molecule has 0 saturated carbocycles. The first-order chi connectivity index (χ1) is 13.2. The number of ether oxygens (including phenoxy) is 1. The zero-order valence-corrected chi connectivity index (χ0v) is 16.1. The van der Waals surface area contributed by atoms with Gasteiger partial charge in [-0.1, -0.05) is 59.6 Å². The van der Waals surface area contributed by atoms with Crippen LogP contribution in [0.5, 0.6) is 0 Å². The Morgan fingerprint density at radius 3 is 2.07 bits per heavy atom. The van der Waals surface area contributed by atoms with Crippen LogP contribution >= 0.6 is 23.2 Å². The lowest BCUT2D eigenvalue weighted by Crippen LogP contribution is -2.07. The van der Waals surface area contributed by atoms with E-state index in [2.05, 4.69) is 10.6 Å². The Hall–Kier alpha value is -2.33. The van der Waals surface area contributed by atoms with Gasteiger partial charge < -0.3 is 9.30 Å². The summed E-state index contributed by atoms with van der Waals surface area (Å²) in [4.78, 5) is 4.76. The van der Waals surface area contributed by atoms with Gasteiger partial charge in [-0.05, 0) is 47.5 Å². The van der Waals surface area contributed by atoms with E-state index in [1.807, 2.05) is 66.7 Å². The fraction of sp³-hybridized carbons (Fsp3) is 0.136. The summed E-state index contributed by atoms with van der Waals surface area (Å²) in [6.45, 7) is 1.67. The standard InChI is InChI=1S/C22H18Cl2N2O/c23-18-9-5-16(6-10-18)13-26-21-4-2-1-3-20(21)25-22(26)15-27-14-17-7-11-19(24)12-8-17/h1-12H,13-15H2. The third kappa shape index (κ3) is 4.33. The van der Waals surface area contributed by atoms with E-state index in [9.17, 15) is 0 Å². The van der Waals surface area contributed by atoms with Crippen molar-refractivity contribution in [3.8, 4) is 0 Å². The van der Waals surface area contributed by atoms with Gasteiger partial charge in [0.1, 0.15) is 12.4 Å². The van der Waals surface area contributed by atoms with Gasteiger partial charge in [-0.2, -0.15) is 0 Å². The Labute approximate surface area is 168 Å². The lowest BCUT2D eigenvalue weighted by atomic mass is 10.2. The van der Waals surface area contributed by atoms with Crippen LogP contribution in [0.4, 0.5) is 0 Å². The molecule has 5 heteroatoms. The Bertz CT molecular complexity index is 1040. The molecule has 0 unspecified atom stereocenters. The largest absolute Gasteiger partial charge is 0.369 e. The van der Waals surface area contributed by atoms with Gasteiger partial charge in [0.05, 0.1) is 17.6 Å². The number of fused-ring (bicyclic) bond motifs is 1. The van der Waals surface area contributed by atoms with Gasteiger partial charge in [-0.15, -0.1) is 0 Å². The number of halogens is 2. The summed E-state index contributed by atoms with van der Waals surface area (Å²) in [7, 11) is 0. The Balaban J connectivity index is 1.55. The SMILES string of the molecule is Clc1ccc(COCc2nc3ccccc3n2Cc2ccc(Cl)cc2)cc1. The summed E-state index contributed by atoms with van der Waals surface area (Å²) in [6.07, 6.45) is 0. The maximum atomic E-state index is 6.01. The third-order valence-corrected chi connectivity index (χ3v) is 4.90. The summed E-state index contributed by atoms with van der Waals surface area (Å²) in [5.41, 5.74) is 4.32. The van der Waals surface area contributed by atoms with Crippen LogP contribution in [0.1, 0.15) is 17.0 Å². The average molecular weight is 397 g/mol. The Morgan fingerprint density at radius 2 is 1.37 bits per heavy atom. The normalized spacial score (nSPS) is 11.2. The van der Waals surface area contributed by atoms with Gasteiger partial charge in [0, 0.05) is 16.6 Å². The van der Waals surface area contributed by atoms with Crippen molar-refractivity contribution in [3.63, 3.8) is 0 Å². The molecule has 3 nitrogen and oxygen atoms in total. The number of rotatable bonds is 6. The molecular weight excluding hydrogens is 379 g/mol. The summed E-state index contributed by atoms with van der Waals surface area (Å²) < 4.78 is 8.12. The number of aromatic nitrogens is 2. The fourth-order valence-electron chi connectivity index (χ4n) is 3.03. The van der Waals surface area contributed by atoms with E-state index in [4.69, 9.17) is 32.9 Å². The van der Waals surface area contributed by atoms with Crippen molar-refractivity contribution in [1.29, 1.82) is 0 Å². The molecule has 0 atom stereocenters. The van der Waals surface area contributed by atoms with Crippen LogP contribution in [0.2, 0.25) is 10.0 Å². The molecule has 0 fully saturated rings. The van der Waals surface area contributed by atoms with Crippen LogP contribution in [-0.4, -0.2) is 9.55 Å². The second-order valence-corrected chi connectivity index (χ2v) is 7.22. The highest BCUT2D eigenvalue weighted by Crippen LogP contribution is 2.20. The molecule has 0 radical (unpaired) electrons. The van der Waals surface area contributed by atoms with Gasteiger partial charge in [0.2, 0.25) is 0 Å². The van der Waals surface area contributed by atoms with E-state index >= 15 is 0 Å². The van der Waals surface area contributed by atoms with E-state index in [1.165, 1.54) is 5.56 Å². The van der Waals surface area contributed by atoms with Gasteiger partial charge in [0.15, 0.2) is 0 Å². The molecule has 3 aromatic carbocycles. The van der Waals surface area contributed by atoms with Crippen LogP contribution in [0, 0.1) is 0 Å². The number of para-hydroxylation sites is 2. The smallest absolute Gasteiger partial charge is 0.136 e. The molecule has 4 aromatic rings. The van der Waals surface area contributed by atoms with Gasteiger partial charge in [-0.25, -0.2) is 4.98 Å². The maximum Gasteiger partial charge on any atom is 0.136 e. The highest BCUT2D eigenvalue weighted by molar-refractivity contribution is 6.30. The van der Waals surface area contributed by atoms with Gasteiger partial charge in [0.25, 0.3) is 0 Å². The molecular formula is C22H18Cl2N2O. The minimum absolute atomic E-state index is 0.435. The van der Waals surface area contributed by atoms with E-state index < -0.39 is 0 Å². The second-order valence-electron chi connectivity index (χ2n) is 6.35. The topological polar surface area (TPSA) is 27.1 Å². The number of hydrogen-bond donors (Lipinski definition) is 0. The lowest BCUT2D eigenvalue weighted by Gasteiger charge is -2.10. The summed E-state index contributed by atoms with van der Waals surface area (Å²) in [5, 5.41) is 1.46. The van der Waals surface area contributed by atoms with Crippen molar-refractivity contribution in [2.45, 2.75) is 19.8 Å². The van der Waals surface area contributed by atoms with E-state index in [-0.39, 0.29) is 0 Å². The van der Waals surface area contributed by atoms with Crippen molar-refractivity contribution in [1.82, 2.24) is 9.55 Å². The maximum absolute atomic E-state index is 6.01. The molecule has 1 aromatic heterocycles. The van der Waals surface area contributed by atoms with Crippen molar-refractivity contribution in [3.05, 3.63) is 99.8 Å². The fourth-order valence-corrected chi connectivity index (χ4v) is 3.28. The quantitative estimate of drug-likeness (QED) is 0.393. The zero-order valence-electron chi connectivity index (χ0n) is 14.6. The number of imidazole rings is 1.